The average Bonchev–Trinajstić information content (AvgIpc) is 3.95. The highest BCUT2D eigenvalue weighted by atomic mass is 32.6. The van der Waals surface area contributed by atoms with Crippen LogP contribution in [0.3, 0.4) is 0 Å². The molecule has 0 spiro atoms. The second-order valence-electron chi connectivity index (χ2n) is 16.8. The van der Waals surface area contributed by atoms with Crippen LogP contribution < -0.4 is 10.6 Å². The Balaban J connectivity index is 0.967. The Morgan fingerprint density at radius 1 is 0.559 bits per heavy atom. The van der Waals surface area contributed by atoms with Gasteiger partial charge in [-0.2, -0.15) is 22.4 Å². The lowest BCUT2D eigenvalue weighted by atomic mass is 9.93. The van der Waals surface area contributed by atoms with Crippen molar-refractivity contribution in [2.24, 2.45) is 9.98 Å². The fourth-order valence-corrected chi connectivity index (χ4v) is 21.7. The lowest BCUT2D eigenvalue weighted by Gasteiger charge is -2.31. The van der Waals surface area contributed by atoms with Crippen LogP contribution in [0, 0.1) is 0 Å². The van der Waals surface area contributed by atoms with E-state index in [2.05, 4.69) is 155 Å². The van der Waals surface area contributed by atoms with Gasteiger partial charge in [0, 0.05) is 75.7 Å². The number of hydrogen-bond acceptors (Lipinski definition) is 8. The molecule has 4 aromatic rings. The maximum absolute atomic E-state index is 5.03. The van der Waals surface area contributed by atoms with E-state index in [-0.39, 0.29) is 0 Å². The number of hydrogen-bond donors (Lipinski definition) is 2. The van der Waals surface area contributed by atoms with Crippen molar-refractivity contribution in [3.63, 3.8) is 0 Å². The van der Waals surface area contributed by atoms with Crippen LogP contribution in [-0.4, -0.2) is 105 Å². The Bertz CT molecular complexity index is 1770. The molecule has 0 saturated carbocycles. The molecule has 2 aliphatic rings. The van der Waals surface area contributed by atoms with Gasteiger partial charge in [0.05, 0.1) is 13.1 Å². The van der Waals surface area contributed by atoms with Crippen molar-refractivity contribution in [1.82, 2.24) is 20.4 Å². The van der Waals surface area contributed by atoms with E-state index in [0.717, 1.165) is 65.4 Å². The van der Waals surface area contributed by atoms with Crippen LogP contribution in [0.1, 0.15) is 102 Å². The summed E-state index contributed by atoms with van der Waals surface area (Å²) in [6.45, 7) is 19.6. The summed E-state index contributed by atoms with van der Waals surface area (Å²) in [6.07, 6.45) is 9.44. The first-order valence-corrected chi connectivity index (χ1v) is 29.1. The number of nitrogens with one attached hydrogen (secondary N) is 2. The smallest absolute Gasteiger partial charge is 0.176 e. The molecule has 2 heterocycles. The van der Waals surface area contributed by atoms with Crippen LogP contribution in [0.15, 0.2) is 94.9 Å². The standard InChI is InChI=1S/C50H74N6S2Si/c1-5-7-9-15-39-59(40-16-10-8-6-2,57-37-31-51-27-33-55-35-29-53-49(55)41(3)45-25-17-21-43-19-11-13-23-47(43)45)58-38-32-52-28-34-56-36-30-54-50(56)42(4)46-26-18-22-44-20-12-14-24-48(44)46/h11-14,17-26,41-42,51-52H,5-10,15-16,27-40H2,1-4H3. The lowest BCUT2D eigenvalue weighted by molar-refractivity contribution is 0.436. The van der Waals surface area contributed by atoms with Crippen molar-refractivity contribution in [2.75, 3.05) is 77.0 Å². The molecular weight excluding hydrogens is 777 g/mol. The molecule has 6 nitrogen and oxygen atoms in total. The molecule has 2 aliphatic heterocycles. The Morgan fingerprint density at radius 3 is 1.46 bits per heavy atom. The van der Waals surface area contributed by atoms with Crippen molar-refractivity contribution < 1.29 is 0 Å². The molecule has 9 heteroatoms. The second kappa shape index (κ2) is 24.6. The first-order valence-electron chi connectivity index (χ1n) is 23.3. The molecule has 59 heavy (non-hydrogen) atoms. The number of aliphatic imine (C=N–C) groups is 2. The molecule has 0 bridgehead atoms. The van der Waals surface area contributed by atoms with Gasteiger partial charge in [-0.25, -0.2) is 0 Å². The van der Waals surface area contributed by atoms with Crippen molar-refractivity contribution >= 4 is 62.0 Å². The highest BCUT2D eigenvalue weighted by molar-refractivity contribution is 8.58. The fourth-order valence-electron chi connectivity index (χ4n) is 9.20. The first kappa shape index (κ1) is 45.7. The topological polar surface area (TPSA) is 55.3 Å². The highest BCUT2D eigenvalue weighted by Gasteiger charge is 2.33. The van der Waals surface area contributed by atoms with E-state index in [0.29, 0.717) is 11.8 Å². The molecule has 2 N–H and O–H groups in total. The predicted octanol–water partition coefficient (Wildman–Crippen LogP) is 11.6. The number of rotatable bonds is 28. The minimum Gasteiger partial charge on any atom is -0.357 e. The van der Waals surface area contributed by atoms with Crippen LogP contribution in [0.5, 0.6) is 0 Å². The fraction of sp³-hybridized carbons (Fsp3) is 0.560. The third-order valence-corrected chi connectivity index (χ3v) is 25.6. The van der Waals surface area contributed by atoms with E-state index < -0.39 is 6.37 Å². The molecule has 2 unspecified atom stereocenters. The maximum Gasteiger partial charge on any atom is 0.176 e. The van der Waals surface area contributed by atoms with Gasteiger partial charge in [0.25, 0.3) is 0 Å². The molecule has 0 saturated heterocycles. The number of benzene rings is 4. The quantitative estimate of drug-likeness (QED) is 0.0439. The summed E-state index contributed by atoms with van der Waals surface area (Å²) in [5.74, 6) is 5.58. The molecule has 4 aromatic carbocycles. The zero-order valence-corrected chi connectivity index (χ0v) is 39.5. The van der Waals surface area contributed by atoms with Crippen LogP contribution in [0.25, 0.3) is 21.5 Å². The van der Waals surface area contributed by atoms with Crippen molar-refractivity contribution in [3.05, 3.63) is 96.1 Å². The van der Waals surface area contributed by atoms with Gasteiger partial charge >= 0.3 is 0 Å². The average molecular weight is 851 g/mol. The van der Waals surface area contributed by atoms with Gasteiger partial charge in [-0.1, -0.05) is 164 Å². The van der Waals surface area contributed by atoms with Crippen LogP contribution in [0.2, 0.25) is 12.1 Å². The summed E-state index contributed by atoms with van der Waals surface area (Å²) in [7, 11) is 0. The van der Waals surface area contributed by atoms with E-state index in [1.54, 1.807) is 0 Å². The third-order valence-electron chi connectivity index (χ3n) is 12.5. The molecule has 0 fully saturated rings. The molecule has 0 aromatic heterocycles. The van der Waals surface area contributed by atoms with Crippen LogP contribution in [-0.2, 0) is 0 Å². The monoisotopic (exact) mass is 851 g/mol. The minimum absolute atomic E-state index is 0.300. The summed E-state index contributed by atoms with van der Waals surface area (Å²) < 4.78 is 0. The maximum atomic E-state index is 5.03. The zero-order valence-electron chi connectivity index (χ0n) is 36.9. The number of unbranched alkanes of at least 4 members (excludes halogenated alkanes) is 6. The first-order chi connectivity index (χ1) is 29.0. The number of fused-ring (bicyclic) bond motifs is 2. The summed E-state index contributed by atoms with van der Waals surface area (Å²) >= 11 is 4.82. The molecule has 0 radical (unpaired) electrons. The third kappa shape index (κ3) is 13.1. The highest BCUT2D eigenvalue weighted by Crippen LogP contribution is 2.42. The van der Waals surface area contributed by atoms with Crippen LogP contribution >= 0.6 is 22.4 Å². The van der Waals surface area contributed by atoms with Crippen molar-refractivity contribution in [3.8, 4) is 0 Å². The molecule has 0 aliphatic carbocycles. The second-order valence-corrected chi connectivity index (χ2v) is 28.2. The largest absolute Gasteiger partial charge is 0.357 e. The predicted molar refractivity (Wildman–Crippen MR) is 267 cm³/mol. The summed E-state index contributed by atoms with van der Waals surface area (Å²) in [5.41, 5.74) is 2.78. The summed E-state index contributed by atoms with van der Waals surface area (Å²) in [6, 6.07) is 33.9. The minimum atomic E-state index is -1.54. The molecular formula is C50H74N6S2Si. The SMILES string of the molecule is CCCCCC[Si](CCCCCC)(SCCNCCN1CCN=C1C(C)c1cccc2ccccc12)SCCNCCN1CCN=C1C(C)c1cccc2ccccc12. The molecule has 2 atom stereocenters. The zero-order chi connectivity index (χ0) is 41.1. The summed E-state index contributed by atoms with van der Waals surface area (Å²) in [5, 5.41) is 13.1. The Labute approximate surface area is 366 Å². The van der Waals surface area contributed by atoms with Gasteiger partial charge in [-0.3, -0.25) is 9.98 Å². The normalized spacial score (nSPS) is 15.7. The molecule has 320 valence electrons. The van der Waals surface area contributed by atoms with E-state index in [4.69, 9.17) is 9.98 Å². The molecule has 0 amide bonds. The Kier molecular flexibility index (Phi) is 19.0. The summed E-state index contributed by atoms with van der Waals surface area (Å²) in [4.78, 5) is 15.1. The lowest BCUT2D eigenvalue weighted by Crippen LogP contribution is -2.38. The van der Waals surface area contributed by atoms with Gasteiger partial charge in [-0.05, 0) is 44.8 Å². The van der Waals surface area contributed by atoms with Gasteiger partial charge in [-0.15, -0.1) is 0 Å². The Morgan fingerprint density at radius 2 is 1.00 bits per heavy atom. The van der Waals surface area contributed by atoms with Crippen molar-refractivity contribution in [1.29, 1.82) is 0 Å². The van der Waals surface area contributed by atoms with E-state index in [1.165, 1.54) is 119 Å². The van der Waals surface area contributed by atoms with Gasteiger partial charge in [0.1, 0.15) is 11.7 Å². The van der Waals surface area contributed by atoms with Gasteiger partial charge in [0.15, 0.2) is 6.37 Å². The number of amidine groups is 2. The van der Waals surface area contributed by atoms with Gasteiger partial charge in [0.2, 0.25) is 0 Å². The van der Waals surface area contributed by atoms with E-state index in [1.807, 2.05) is 0 Å². The van der Waals surface area contributed by atoms with Crippen molar-refractivity contribution in [2.45, 2.75) is 103 Å². The van der Waals surface area contributed by atoms with E-state index >= 15 is 0 Å². The number of nitrogens with zero attached hydrogens (tertiary/aromatic N) is 4. The van der Waals surface area contributed by atoms with E-state index in [9.17, 15) is 0 Å². The van der Waals surface area contributed by atoms with Crippen LogP contribution in [0.4, 0.5) is 0 Å². The molecule has 6 rings (SSSR count). The van der Waals surface area contributed by atoms with Gasteiger partial charge < -0.3 is 20.4 Å². The Hall–Kier alpha value is -2.82.